The van der Waals surface area contributed by atoms with Crippen LogP contribution in [0.15, 0.2) is 34.1 Å². The Bertz CT molecular complexity index is 718. The van der Waals surface area contributed by atoms with E-state index in [0.29, 0.717) is 11.0 Å². The molecular formula is C13H14BrClN2O2S2. The SMILES string of the molecule is CC(CCl)CS(=O)(=O)Nc1nc(-c2cccc(Br)c2)cs1. The predicted molar refractivity (Wildman–Crippen MR) is 92.5 cm³/mol. The molecule has 1 unspecified atom stereocenters. The van der Waals surface area contributed by atoms with Crippen LogP contribution in [0.5, 0.6) is 0 Å². The third-order valence-corrected chi connectivity index (χ3v) is 6.05. The molecule has 1 heterocycles. The van der Waals surface area contributed by atoms with Gasteiger partial charge in [0.15, 0.2) is 5.13 Å². The van der Waals surface area contributed by atoms with Crippen molar-refractivity contribution < 1.29 is 8.42 Å². The highest BCUT2D eigenvalue weighted by atomic mass is 79.9. The number of halogens is 2. The van der Waals surface area contributed by atoms with E-state index in [0.717, 1.165) is 15.7 Å². The summed E-state index contributed by atoms with van der Waals surface area (Å²) in [7, 11) is -3.42. The summed E-state index contributed by atoms with van der Waals surface area (Å²) < 4.78 is 27.4. The minimum Gasteiger partial charge on any atom is -0.259 e. The Balaban J connectivity index is 2.14. The Morgan fingerprint density at radius 2 is 2.24 bits per heavy atom. The van der Waals surface area contributed by atoms with Gasteiger partial charge in [0.1, 0.15) is 0 Å². The molecule has 2 rings (SSSR count). The van der Waals surface area contributed by atoms with Crippen LogP contribution in [-0.4, -0.2) is 25.0 Å². The van der Waals surface area contributed by atoms with Crippen molar-refractivity contribution in [3.05, 3.63) is 34.1 Å². The average Bonchev–Trinajstić information content (AvgIpc) is 2.85. The van der Waals surface area contributed by atoms with Crippen molar-refractivity contribution >= 4 is 54.0 Å². The quantitative estimate of drug-likeness (QED) is 0.728. The summed E-state index contributed by atoms with van der Waals surface area (Å²) in [6, 6.07) is 7.69. The topological polar surface area (TPSA) is 59.1 Å². The maximum atomic E-state index is 12.0. The van der Waals surface area contributed by atoms with Crippen LogP contribution in [0, 0.1) is 5.92 Å². The lowest BCUT2D eigenvalue weighted by Crippen LogP contribution is -2.22. The van der Waals surface area contributed by atoms with E-state index in [9.17, 15) is 8.42 Å². The molecule has 0 amide bonds. The van der Waals surface area contributed by atoms with Crippen LogP contribution < -0.4 is 4.72 Å². The summed E-state index contributed by atoms with van der Waals surface area (Å²) in [6.07, 6.45) is 0. The van der Waals surface area contributed by atoms with E-state index in [4.69, 9.17) is 11.6 Å². The highest BCUT2D eigenvalue weighted by Crippen LogP contribution is 2.27. The van der Waals surface area contributed by atoms with E-state index >= 15 is 0 Å². The van der Waals surface area contributed by atoms with Gasteiger partial charge in [-0.25, -0.2) is 13.4 Å². The summed E-state index contributed by atoms with van der Waals surface area (Å²) in [6.45, 7) is 1.79. The third kappa shape index (κ3) is 4.95. The zero-order chi connectivity index (χ0) is 15.5. The molecule has 0 aliphatic carbocycles. The molecule has 4 nitrogen and oxygen atoms in total. The molecule has 1 aromatic heterocycles. The highest BCUT2D eigenvalue weighted by molar-refractivity contribution is 9.10. The van der Waals surface area contributed by atoms with Crippen molar-refractivity contribution in [3.8, 4) is 11.3 Å². The number of anilines is 1. The lowest BCUT2D eigenvalue weighted by atomic mass is 10.2. The van der Waals surface area contributed by atoms with Crippen LogP contribution in [0.2, 0.25) is 0 Å². The summed E-state index contributed by atoms with van der Waals surface area (Å²) >= 11 is 10.3. The summed E-state index contributed by atoms with van der Waals surface area (Å²) in [5.41, 5.74) is 1.67. The van der Waals surface area contributed by atoms with Gasteiger partial charge in [-0.2, -0.15) is 0 Å². The number of nitrogens with one attached hydrogen (secondary N) is 1. The maximum absolute atomic E-state index is 12.0. The van der Waals surface area contributed by atoms with Gasteiger partial charge >= 0.3 is 0 Å². The Morgan fingerprint density at radius 1 is 1.48 bits per heavy atom. The number of aromatic nitrogens is 1. The van der Waals surface area contributed by atoms with E-state index < -0.39 is 10.0 Å². The molecule has 2 aromatic rings. The minimum atomic E-state index is -3.42. The van der Waals surface area contributed by atoms with Crippen LogP contribution in [0.25, 0.3) is 11.3 Å². The molecule has 0 bridgehead atoms. The monoisotopic (exact) mass is 408 g/mol. The lowest BCUT2D eigenvalue weighted by molar-refractivity contribution is 0.588. The summed E-state index contributed by atoms with van der Waals surface area (Å²) in [5, 5.41) is 2.19. The molecule has 0 spiro atoms. The Morgan fingerprint density at radius 3 is 2.90 bits per heavy atom. The van der Waals surface area contributed by atoms with Crippen molar-refractivity contribution in [2.24, 2.45) is 5.92 Å². The summed E-state index contributed by atoms with van der Waals surface area (Å²) in [4.78, 5) is 4.31. The number of rotatable bonds is 6. The van der Waals surface area contributed by atoms with Crippen molar-refractivity contribution in [1.29, 1.82) is 0 Å². The Kier molecular flexibility index (Phi) is 5.65. The molecule has 21 heavy (non-hydrogen) atoms. The Labute approximate surface area is 141 Å². The lowest BCUT2D eigenvalue weighted by Gasteiger charge is -2.08. The van der Waals surface area contributed by atoms with Crippen LogP contribution in [0.4, 0.5) is 5.13 Å². The second kappa shape index (κ2) is 7.09. The number of nitrogens with zero attached hydrogens (tertiary/aromatic N) is 1. The molecule has 0 aliphatic rings. The number of hydrogen-bond donors (Lipinski definition) is 1. The van der Waals surface area contributed by atoms with Gasteiger partial charge in [0, 0.05) is 21.3 Å². The van der Waals surface area contributed by atoms with Crippen molar-refractivity contribution in [3.63, 3.8) is 0 Å². The van der Waals surface area contributed by atoms with Gasteiger partial charge in [-0.1, -0.05) is 35.0 Å². The number of thiazole rings is 1. The normalized spacial score (nSPS) is 13.1. The molecule has 8 heteroatoms. The molecule has 1 N–H and O–H groups in total. The van der Waals surface area contributed by atoms with Crippen molar-refractivity contribution in [1.82, 2.24) is 4.98 Å². The molecule has 1 atom stereocenters. The first-order valence-electron chi connectivity index (χ1n) is 6.17. The zero-order valence-electron chi connectivity index (χ0n) is 11.2. The molecule has 0 aliphatic heterocycles. The summed E-state index contributed by atoms with van der Waals surface area (Å²) in [5.74, 6) is 0.193. The second-order valence-electron chi connectivity index (χ2n) is 4.69. The second-order valence-corrected chi connectivity index (χ2v) is 8.54. The van der Waals surface area contributed by atoms with Crippen LogP contribution in [0.1, 0.15) is 6.92 Å². The molecule has 0 radical (unpaired) electrons. The number of alkyl halides is 1. The number of benzene rings is 1. The smallest absolute Gasteiger partial charge is 0.234 e. The molecule has 114 valence electrons. The van der Waals surface area contributed by atoms with Gasteiger partial charge in [-0.05, 0) is 18.1 Å². The van der Waals surface area contributed by atoms with E-state index in [1.165, 1.54) is 11.3 Å². The third-order valence-electron chi connectivity index (χ3n) is 2.63. The predicted octanol–water partition coefficient (Wildman–Crippen LogP) is 4.19. The Hall–Kier alpha value is -0.630. The first kappa shape index (κ1) is 16.7. The van der Waals surface area contributed by atoms with E-state index in [1.54, 1.807) is 6.92 Å². The van der Waals surface area contributed by atoms with Crippen molar-refractivity contribution in [2.75, 3.05) is 16.4 Å². The standard InChI is InChI=1S/C13H14BrClN2O2S2/c1-9(6-15)8-21(18,19)17-13-16-12(7-20-13)10-3-2-4-11(14)5-10/h2-5,7,9H,6,8H2,1H3,(H,16,17). The fraction of sp³-hybridized carbons (Fsp3) is 0.308. The largest absolute Gasteiger partial charge is 0.259 e. The van der Waals surface area contributed by atoms with E-state index in [1.807, 2.05) is 29.6 Å². The van der Waals surface area contributed by atoms with Gasteiger partial charge in [0.25, 0.3) is 0 Å². The molecular weight excluding hydrogens is 396 g/mol. The average molecular weight is 410 g/mol. The van der Waals surface area contributed by atoms with Gasteiger partial charge in [0.05, 0.1) is 11.4 Å². The van der Waals surface area contributed by atoms with Gasteiger partial charge in [0.2, 0.25) is 10.0 Å². The maximum Gasteiger partial charge on any atom is 0.234 e. The number of sulfonamides is 1. The highest BCUT2D eigenvalue weighted by Gasteiger charge is 2.17. The molecule has 0 saturated carbocycles. The molecule has 0 saturated heterocycles. The molecule has 1 aromatic carbocycles. The van der Waals surface area contributed by atoms with Crippen LogP contribution >= 0.6 is 38.9 Å². The van der Waals surface area contributed by atoms with E-state index in [2.05, 4.69) is 25.6 Å². The van der Waals surface area contributed by atoms with Gasteiger partial charge in [-0.3, -0.25) is 4.72 Å². The van der Waals surface area contributed by atoms with E-state index in [-0.39, 0.29) is 11.7 Å². The van der Waals surface area contributed by atoms with Gasteiger partial charge < -0.3 is 0 Å². The fourth-order valence-electron chi connectivity index (χ4n) is 1.69. The minimum absolute atomic E-state index is 0.0116. The zero-order valence-corrected chi connectivity index (χ0v) is 15.2. The number of hydrogen-bond acceptors (Lipinski definition) is 4. The van der Waals surface area contributed by atoms with Crippen LogP contribution in [0.3, 0.4) is 0 Å². The van der Waals surface area contributed by atoms with Crippen molar-refractivity contribution in [2.45, 2.75) is 6.92 Å². The first-order valence-corrected chi connectivity index (χ1v) is 10.0. The van der Waals surface area contributed by atoms with Gasteiger partial charge in [-0.15, -0.1) is 22.9 Å². The first-order chi connectivity index (χ1) is 9.89. The fourth-order valence-corrected chi connectivity index (χ4v) is 4.73. The molecule has 0 fully saturated rings. The van der Waals surface area contributed by atoms with Crippen LogP contribution in [-0.2, 0) is 10.0 Å².